The van der Waals surface area contributed by atoms with Crippen LogP contribution in [-0.4, -0.2) is 21.9 Å². The van der Waals surface area contributed by atoms with Gasteiger partial charge in [-0.1, -0.05) is 11.6 Å². The van der Waals surface area contributed by atoms with Gasteiger partial charge in [-0.15, -0.1) is 0 Å². The number of carbonyl (C=O) groups excluding carboxylic acids is 1. The number of ketones is 1. The van der Waals surface area contributed by atoms with Crippen LogP contribution in [0.4, 0.5) is 0 Å². The number of ether oxygens (including phenoxy) is 1. The van der Waals surface area contributed by atoms with Gasteiger partial charge in [0.1, 0.15) is 5.75 Å². The Morgan fingerprint density at radius 2 is 2.35 bits per heavy atom. The highest BCUT2D eigenvalue weighted by Crippen LogP contribution is 2.15. The number of nitrogens with zero attached hydrogens (tertiary/aromatic N) is 2. The van der Waals surface area contributed by atoms with Gasteiger partial charge in [0.15, 0.2) is 6.61 Å². The van der Waals surface area contributed by atoms with Crippen LogP contribution >= 0.6 is 11.6 Å². The highest BCUT2D eigenvalue weighted by atomic mass is 35.5. The molecule has 0 saturated carbocycles. The van der Waals surface area contributed by atoms with Gasteiger partial charge in [-0.05, 0) is 12.1 Å². The van der Waals surface area contributed by atoms with Crippen molar-refractivity contribution in [2.24, 2.45) is 7.05 Å². The maximum Gasteiger partial charge on any atom is 0.216 e. The Balaban J connectivity index is 1.99. The minimum Gasteiger partial charge on any atom is -0.484 e. The Hall–Kier alpha value is -1.81. The van der Waals surface area contributed by atoms with Crippen molar-refractivity contribution < 1.29 is 9.53 Å². The van der Waals surface area contributed by atoms with Crippen LogP contribution in [0.15, 0.2) is 36.8 Å². The van der Waals surface area contributed by atoms with Crippen molar-refractivity contribution in [1.29, 1.82) is 0 Å². The predicted octanol–water partition coefficient (Wildman–Crippen LogP) is 2.34. The standard InChI is InChI=1S/C12H11ClN2O2/c1-15-4-2-3-11(15)12(16)8-17-10-5-9(13)6-14-7-10/h2-7H,8H2,1H3. The monoisotopic (exact) mass is 250 g/mol. The van der Waals surface area contributed by atoms with Gasteiger partial charge in [-0.25, -0.2) is 0 Å². The van der Waals surface area contributed by atoms with Gasteiger partial charge in [-0.3, -0.25) is 9.78 Å². The molecule has 2 heterocycles. The third kappa shape index (κ3) is 2.85. The molecule has 0 fully saturated rings. The number of Topliss-reactive ketones (excluding diaryl/α,β-unsaturated/α-hetero) is 1. The van der Waals surface area contributed by atoms with E-state index < -0.39 is 0 Å². The molecule has 2 rings (SSSR count). The molecule has 0 radical (unpaired) electrons. The molecule has 0 bridgehead atoms. The molecule has 88 valence electrons. The second kappa shape index (κ2) is 5.01. The summed E-state index contributed by atoms with van der Waals surface area (Å²) < 4.78 is 7.07. The van der Waals surface area contributed by atoms with E-state index >= 15 is 0 Å². The quantitative estimate of drug-likeness (QED) is 0.783. The van der Waals surface area contributed by atoms with Crippen LogP contribution in [0.2, 0.25) is 5.02 Å². The van der Waals surface area contributed by atoms with E-state index in [1.807, 2.05) is 19.3 Å². The highest BCUT2D eigenvalue weighted by molar-refractivity contribution is 6.30. The van der Waals surface area contributed by atoms with Gasteiger partial charge in [0.2, 0.25) is 5.78 Å². The zero-order chi connectivity index (χ0) is 12.3. The summed E-state index contributed by atoms with van der Waals surface area (Å²) in [5.41, 5.74) is 0.611. The SMILES string of the molecule is Cn1cccc1C(=O)COc1cncc(Cl)c1. The predicted molar refractivity (Wildman–Crippen MR) is 64.5 cm³/mol. The summed E-state index contributed by atoms with van der Waals surface area (Å²) in [6, 6.07) is 5.18. The molecule has 4 nitrogen and oxygen atoms in total. The van der Waals surface area contributed by atoms with Gasteiger partial charge in [0.05, 0.1) is 16.9 Å². The molecular formula is C12H11ClN2O2. The van der Waals surface area contributed by atoms with E-state index in [1.54, 1.807) is 16.7 Å². The van der Waals surface area contributed by atoms with E-state index in [9.17, 15) is 4.79 Å². The number of hydrogen-bond acceptors (Lipinski definition) is 3. The third-order valence-electron chi connectivity index (χ3n) is 2.28. The van der Waals surface area contributed by atoms with Gasteiger partial charge >= 0.3 is 0 Å². The molecule has 0 aliphatic heterocycles. The Morgan fingerprint density at radius 3 is 3.00 bits per heavy atom. The van der Waals surface area contributed by atoms with E-state index in [0.717, 1.165) is 0 Å². The molecule has 2 aromatic heterocycles. The van der Waals surface area contributed by atoms with Crippen LogP contribution in [0.5, 0.6) is 5.75 Å². The van der Waals surface area contributed by atoms with Crippen molar-refractivity contribution in [2.75, 3.05) is 6.61 Å². The fraction of sp³-hybridized carbons (Fsp3) is 0.167. The van der Waals surface area contributed by atoms with Crippen LogP contribution in [0.1, 0.15) is 10.5 Å². The molecular weight excluding hydrogens is 240 g/mol. The van der Waals surface area contributed by atoms with Gasteiger partial charge in [0, 0.05) is 25.5 Å². The topological polar surface area (TPSA) is 44.1 Å². The molecule has 0 amide bonds. The first kappa shape index (κ1) is 11.7. The number of aromatic nitrogens is 2. The summed E-state index contributed by atoms with van der Waals surface area (Å²) in [5, 5.41) is 0.480. The number of aryl methyl sites for hydroxylation is 1. The van der Waals surface area contributed by atoms with Crippen LogP contribution < -0.4 is 4.74 Å². The zero-order valence-electron chi connectivity index (χ0n) is 9.26. The Bertz CT molecular complexity index is 537. The second-order valence-electron chi connectivity index (χ2n) is 3.56. The third-order valence-corrected chi connectivity index (χ3v) is 2.49. The van der Waals surface area contributed by atoms with E-state index in [-0.39, 0.29) is 12.4 Å². The lowest BCUT2D eigenvalue weighted by molar-refractivity contribution is 0.0913. The number of pyridine rings is 1. The lowest BCUT2D eigenvalue weighted by Gasteiger charge is -2.05. The molecule has 2 aromatic rings. The first-order valence-corrected chi connectivity index (χ1v) is 5.42. The average molecular weight is 251 g/mol. The van der Waals surface area contributed by atoms with E-state index in [0.29, 0.717) is 16.5 Å². The van der Waals surface area contributed by atoms with Crippen molar-refractivity contribution in [3.63, 3.8) is 0 Å². The molecule has 0 N–H and O–H groups in total. The molecule has 0 aromatic carbocycles. The number of hydrogen-bond donors (Lipinski definition) is 0. The fourth-order valence-corrected chi connectivity index (χ4v) is 1.61. The number of halogens is 1. The molecule has 0 atom stereocenters. The minimum atomic E-state index is -0.0857. The van der Waals surface area contributed by atoms with E-state index in [4.69, 9.17) is 16.3 Å². The van der Waals surface area contributed by atoms with E-state index in [1.165, 1.54) is 12.4 Å². The summed E-state index contributed by atoms with van der Waals surface area (Å²) in [6.07, 6.45) is 4.84. The molecule has 5 heteroatoms. The summed E-state index contributed by atoms with van der Waals surface area (Å²) in [6.45, 7) is -0.0279. The van der Waals surface area contributed by atoms with Crippen molar-refractivity contribution >= 4 is 17.4 Å². The highest BCUT2D eigenvalue weighted by Gasteiger charge is 2.09. The molecule has 0 aliphatic rings. The lowest BCUT2D eigenvalue weighted by Crippen LogP contribution is -2.14. The molecule has 0 aliphatic carbocycles. The van der Waals surface area contributed by atoms with Crippen LogP contribution in [0.3, 0.4) is 0 Å². The summed E-state index contributed by atoms with van der Waals surface area (Å²) >= 11 is 5.75. The van der Waals surface area contributed by atoms with Gasteiger partial charge in [0.25, 0.3) is 0 Å². The Labute approximate surface area is 104 Å². The molecule has 0 unspecified atom stereocenters. The summed E-state index contributed by atoms with van der Waals surface area (Å²) in [4.78, 5) is 15.7. The molecule has 17 heavy (non-hydrogen) atoms. The maximum atomic E-state index is 11.8. The molecule has 0 spiro atoms. The summed E-state index contributed by atoms with van der Waals surface area (Å²) in [5.74, 6) is 0.400. The Morgan fingerprint density at radius 1 is 1.53 bits per heavy atom. The largest absolute Gasteiger partial charge is 0.484 e. The number of rotatable bonds is 4. The van der Waals surface area contributed by atoms with Crippen LogP contribution in [0.25, 0.3) is 0 Å². The van der Waals surface area contributed by atoms with Crippen LogP contribution in [0, 0.1) is 0 Å². The molecule has 0 saturated heterocycles. The van der Waals surface area contributed by atoms with Crippen molar-refractivity contribution in [3.8, 4) is 5.75 Å². The van der Waals surface area contributed by atoms with Gasteiger partial charge in [-0.2, -0.15) is 0 Å². The van der Waals surface area contributed by atoms with Gasteiger partial charge < -0.3 is 9.30 Å². The minimum absolute atomic E-state index is 0.0279. The Kier molecular flexibility index (Phi) is 3.44. The first-order valence-electron chi connectivity index (χ1n) is 5.04. The smallest absolute Gasteiger partial charge is 0.216 e. The van der Waals surface area contributed by atoms with Crippen molar-refractivity contribution in [1.82, 2.24) is 9.55 Å². The summed E-state index contributed by atoms with van der Waals surface area (Å²) in [7, 11) is 1.81. The van der Waals surface area contributed by atoms with Crippen molar-refractivity contribution in [2.45, 2.75) is 0 Å². The lowest BCUT2D eigenvalue weighted by atomic mass is 10.3. The van der Waals surface area contributed by atoms with Crippen LogP contribution in [-0.2, 0) is 7.05 Å². The maximum absolute atomic E-state index is 11.8. The number of carbonyl (C=O) groups is 1. The normalized spacial score (nSPS) is 10.2. The fourth-order valence-electron chi connectivity index (χ4n) is 1.44. The second-order valence-corrected chi connectivity index (χ2v) is 3.99. The van der Waals surface area contributed by atoms with E-state index in [2.05, 4.69) is 4.98 Å². The first-order chi connectivity index (χ1) is 8.16. The van der Waals surface area contributed by atoms with Crippen molar-refractivity contribution in [3.05, 3.63) is 47.5 Å². The average Bonchev–Trinajstić information content (AvgIpc) is 2.72. The zero-order valence-corrected chi connectivity index (χ0v) is 10.0.